The largest absolute Gasteiger partial charge is 0.373 e. The third kappa shape index (κ3) is 5.10. The van der Waals surface area contributed by atoms with Crippen molar-refractivity contribution in [2.75, 3.05) is 10.6 Å². The standard InChI is InChI=1S/C27H21ClF2N8/c1-15(2)38-14-24(36-37-38)26(16-3-5-18(29)6-4-16)34-20-8-22-25(35-21-7-19(30)12-32-13-21)17(10-31)11-33-27(22)23(28)9-20/h3-9,11-15,26,34H,1-2H3,(H,33,35). The number of nitriles is 1. The minimum absolute atomic E-state index is 0.0988. The van der Waals surface area contributed by atoms with E-state index in [2.05, 4.69) is 37.0 Å². The molecule has 2 N–H and O–H groups in total. The number of benzene rings is 2. The van der Waals surface area contributed by atoms with Crippen molar-refractivity contribution in [1.29, 1.82) is 5.26 Å². The highest BCUT2D eigenvalue weighted by atomic mass is 35.5. The lowest BCUT2D eigenvalue weighted by atomic mass is 10.0. The SMILES string of the molecule is CC(C)n1cc(C(Nc2cc(Cl)c3ncc(C#N)c(Nc4cncc(F)c4)c3c2)c2ccc(F)cc2)nn1. The van der Waals surface area contributed by atoms with E-state index in [0.717, 1.165) is 11.8 Å². The number of pyridine rings is 2. The molecule has 0 aliphatic heterocycles. The Morgan fingerprint density at radius 3 is 2.47 bits per heavy atom. The van der Waals surface area contributed by atoms with Crippen LogP contribution in [-0.2, 0) is 0 Å². The van der Waals surface area contributed by atoms with Crippen molar-refractivity contribution in [3.63, 3.8) is 0 Å². The number of nitrogens with zero attached hydrogens (tertiary/aromatic N) is 6. The first kappa shape index (κ1) is 25.0. The molecule has 0 aliphatic rings. The average molecular weight is 531 g/mol. The van der Waals surface area contributed by atoms with Gasteiger partial charge in [-0.1, -0.05) is 28.9 Å². The van der Waals surface area contributed by atoms with Crippen molar-refractivity contribution in [3.8, 4) is 6.07 Å². The molecule has 3 aromatic heterocycles. The van der Waals surface area contributed by atoms with E-state index >= 15 is 0 Å². The molecule has 38 heavy (non-hydrogen) atoms. The third-order valence-electron chi connectivity index (χ3n) is 5.89. The number of hydrogen-bond donors (Lipinski definition) is 2. The molecule has 190 valence electrons. The highest BCUT2D eigenvalue weighted by Crippen LogP contribution is 2.36. The lowest BCUT2D eigenvalue weighted by Gasteiger charge is -2.20. The summed E-state index contributed by atoms with van der Waals surface area (Å²) in [6.07, 6.45) is 5.77. The summed E-state index contributed by atoms with van der Waals surface area (Å²) in [7, 11) is 0. The van der Waals surface area contributed by atoms with Crippen LogP contribution in [-0.4, -0.2) is 25.0 Å². The van der Waals surface area contributed by atoms with Crippen LogP contribution in [0.2, 0.25) is 5.02 Å². The molecule has 0 bridgehead atoms. The first-order valence-electron chi connectivity index (χ1n) is 11.7. The average Bonchev–Trinajstić information content (AvgIpc) is 3.39. The molecule has 0 fully saturated rings. The molecular formula is C27H21ClF2N8. The van der Waals surface area contributed by atoms with Crippen molar-refractivity contribution in [1.82, 2.24) is 25.0 Å². The fourth-order valence-electron chi connectivity index (χ4n) is 4.01. The Bertz CT molecular complexity index is 1660. The molecule has 8 nitrogen and oxygen atoms in total. The van der Waals surface area contributed by atoms with E-state index in [1.54, 1.807) is 28.9 Å². The fourth-order valence-corrected chi connectivity index (χ4v) is 4.28. The Morgan fingerprint density at radius 1 is 1.00 bits per heavy atom. The van der Waals surface area contributed by atoms with Crippen molar-refractivity contribution in [2.24, 2.45) is 0 Å². The van der Waals surface area contributed by atoms with Crippen LogP contribution in [0.4, 0.5) is 25.8 Å². The van der Waals surface area contributed by atoms with Crippen LogP contribution in [0.15, 0.2) is 67.3 Å². The van der Waals surface area contributed by atoms with Gasteiger partial charge in [-0.15, -0.1) is 5.10 Å². The first-order valence-corrected chi connectivity index (χ1v) is 12.0. The van der Waals surface area contributed by atoms with E-state index in [-0.39, 0.29) is 17.4 Å². The van der Waals surface area contributed by atoms with E-state index in [0.29, 0.717) is 38.7 Å². The summed E-state index contributed by atoms with van der Waals surface area (Å²) < 4.78 is 29.2. The van der Waals surface area contributed by atoms with Crippen LogP contribution < -0.4 is 10.6 Å². The predicted octanol–water partition coefficient (Wildman–Crippen LogP) is 6.55. The van der Waals surface area contributed by atoms with Crippen LogP contribution in [0.25, 0.3) is 10.9 Å². The van der Waals surface area contributed by atoms with Gasteiger partial charge < -0.3 is 10.6 Å². The second-order valence-corrected chi connectivity index (χ2v) is 9.28. The Labute approximate surface area is 221 Å². The van der Waals surface area contributed by atoms with Crippen molar-refractivity contribution in [2.45, 2.75) is 25.9 Å². The van der Waals surface area contributed by atoms with Crippen molar-refractivity contribution < 1.29 is 8.78 Å². The summed E-state index contributed by atoms with van der Waals surface area (Å²) in [5.41, 5.74) is 3.42. The number of rotatable bonds is 7. The van der Waals surface area contributed by atoms with Crippen LogP contribution in [0.5, 0.6) is 0 Å². The summed E-state index contributed by atoms with van der Waals surface area (Å²) in [4.78, 5) is 8.22. The van der Waals surface area contributed by atoms with E-state index in [9.17, 15) is 14.0 Å². The molecule has 5 rings (SSSR count). The molecule has 0 aliphatic carbocycles. The summed E-state index contributed by atoms with van der Waals surface area (Å²) >= 11 is 6.63. The molecule has 0 radical (unpaired) electrons. The maximum Gasteiger partial charge on any atom is 0.143 e. The maximum atomic E-state index is 13.8. The van der Waals surface area contributed by atoms with Gasteiger partial charge in [0.05, 0.1) is 52.1 Å². The molecule has 5 aromatic rings. The second-order valence-electron chi connectivity index (χ2n) is 8.88. The molecule has 0 amide bonds. The lowest BCUT2D eigenvalue weighted by Crippen LogP contribution is -2.13. The van der Waals surface area contributed by atoms with E-state index in [1.807, 2.05) is 20.0 Å². The van der Waals surface area contributed by atoms with Crippen molar-refractivity contribution in [3.05, 3.63) is 101 Å². The highest BCUT2D eigenvalue weighted by molar-refractivity contribution is 6.36. The van der Waals surface area contributed by atoms with Gasteiger partial charge in [0, 0.05) is 29.4 Å². The predicted molar refractivity (Wildman–Crippen MR) is 141 cm³/mol. The van der Waals surface area contributed by atoms with Crippen LogP contribution in [0, 0.1) is 23.0 Å². The van der Waals surface area contributed by atoms with Gasteiger partial charge in [-0.25, -0.2) is 13.5 Å². The third-order valence-corrected chi connectivity index (χ3v) is 6.17. The molecule has 11 heteroatoms. The Morgan fingerprint density at radius 2 is 1.79 bits per heavy atom. The lowest BCUT2D eigenvalue weighted by molar-refractivity contribution is 0.514. The van der Waals surface area contributed by atoms with E-state index < -0.39 is 11.9 Å². The molecule has 0 spiro atoms. The van der Waals surface area contributed by atoms with E-state index in [4.69, 9.17) is 11.6 Å². The quantitative estimate of drug-likeness (QED) is 0.246. The van der Waals surface area contributed by atoms with Gasteiger partial charge in [0.15, 0.2) is 0 Å². The van der Waals surface area contributed by atoms with Gasteiger partial charge in [0.25, 0.3) is 0 Å². The van der Waals surface area contributed by atoms with Gasteiger partial charge >= 0.3 is 0 Å². The van der Waals surface area contributed by atoms with Crippen LogP contribution >= 0.6 is 11.6 Å². The summed E-state index contributed by atoms with van der Waals surface area (Å²) in [5.74, 6) is -0.881. The molecule has 1 unspecified atom stereocenters. The van der Waals surface area contributed by atoms with Gasteiger partial charge in [-0.3, -0.25) is 9.97 Å². The minimum atomic E-state index is -0.524. The second kappa shape index (κ2) is 10.4. The number of fused-ring (bicyclic) bond motifs is 1. The van der Waals surface area contributed by atoms with E-state index in [1.165, 1.54) is 30.6 Å². The molecule has 1 atom stereocenters. The Balaban J connectivity index is 1.61. The number of hydrogen-bond acceptors (Lipinski definition) is 7. The first-order chi connectivity index (χ1) is 18.3. The Kier molecular flexibility index (Phi) is 6.85. The van der Waals surface area contributed by atoms with Gasteiger partial charge in [0.2, 0.25) is 0 Å². The normalized spacial score (nSPS) is 11.9. The molecule has 0 saturated carbocycles. The topological polar surface area (TPSA) is 104 Å². The van der Waals surface area contributed by atoms with Crippen molar-refractivity contribution >= 4 is 39.6 Å². The Hall–Kier alpha value is -4.62. The zero-order valence-electron chi connectivity index (χ0n) is 20.3. The van der Waals surface area contributed by atoms with Gasteiger partial charge in [-0.05, 0) is 43.7 Å². The number of halogens is 3. The smallest absolute Gasteiger partial charge is 0.143 e. The zero-order valence-corrected chi connectivity index (χ0v) is 21.1. The molecule has 3 heterocycles. The molecular weight excluding hydrogens is 510 g/mol. The monoisotopic (exact) mass is 530 g/mol. The van der Waals surface area contributed by atoms with Crippen LogP contribution in [0.3, 0.4) is 0 Å². The summed E-state index contributed by atoms with van der Waals surface area (Å²) in [5, 5.41) is 25.7. The molecule has 2 aromatic carbocycles. The summed E-state index contributed by atoms with van der Waals surface area (Å²) in [6, 6.07) is 12.6. The number of nitrogens with one attached hydrogen (secondary N) is 2. The minimum Gasteiger partial charge on any atom is -0.373 e. The van der Waals surface area contributed by atoms with Gasteiger partial charge in [0.1, 0.15) is 23.4 Å². The molecule has 0 saturated heterocycles. The van der Waals surface area contributed by atoms with Gasteiger partial charge in [-0.2, -0.15) is 5.26 Å². The maximum absolute atomic E-state index is 13.8. The fraction of sp³-hybridized carbons (Fsp3) is 0.148. The number of aromatic nitrogens is 5. The number of anilines is 3. The summed E-state index contributed by atoms with van der Waals surface area (Å²) in [6.45, 7) is 3.98. The van der Waals surface area contributed by atoms with Crippen LogP contribution in [0.1, 0.15) is 42.8 Å². The zero-order chi connectivity index (χ0) is 26.8. The highest BCUT2D eigenvalue weighted by Gasteiger charge is 2.21.